The minimum Gasteiger partial charge on any atom is -0.473 e. The molecule has 0 saturated carbocycles. The summed E-state index contributed by atoms with van der Waals surface area (Å²) in [6, 6.07) is 0. The Morgan fingerprint density at radius 1 is 1.00 bits per heavy atom. The van der Waals surface area contributed by atoms with Crippen LogP contribution < -0.4 is 0 Å². The van der Waals surface area contributed by atoms with Gasteiger partial charge in [0.25, 0.3) is 0 Å². The van der Waals surface area contributed by atoms with Crippen LogP contribution in [0, 0.1) is 0 Å². The first-order chi connectivity index (χ1) is 4.97. The van der Waals surface area contributed by atoms with E-state index in [0.29, 0.717) is 0 Å². The highest BCUT2D eigenvalue weighted by molar-refractivity contribution is 5.64. The average Bonchev–Trinajstić information content (AvgIpc) is 2.28. The van der Waals surface area contributed by atoms with Gasteiger partial charge in [-0.1, -0.05) is 0 Å². The molecule has 50 valence electrons. The molecule has 1 aromatic heterocycles. The number of hydrogen-bond acceptors (Lipinski definition) is 1. The SMILES string of the molecule is C1=Cc2c[nH]cc2C=CO1. The Balaban J connectivity index is 2.56. The molecule has 2 nitrogen and oxygen atoms in total. The van der Waals surface area contributed by atoms with E-state index in [4.69, 9.17) is 4.74 Å². The highest BCUT2D eigenvalue weighted by Gasteiger charge is 1.97. The molecule has 0 aromatic carbocycles. The molecule has 0 saturated heterocycles. The van der Waals surface area contributed by atoms with Crippen molar-refractivity contribution in [1.29, 1.82) is 0 Å². The van der Waals surface area contributed by atoms with Gasteiger partial charge < -0.3 is 9.72 Å². The zero-order valence-electron chi connectivity index (χ0n) is 5.37. The fourth-order valence-corrected chi connectivity index (χ4v) is 0.947. The van der Waals surface area contributed by atoms with Gasteiger partial charge in [-0.15, -0.1) is 0 Å². The van der Waals surface area contributed by atoms with Crippen LogP contribution in [0.2, 0.25) is 0 Å². The maximum atomic E-state index is 4.96. The van der Waals surface area contributed by atoms with Gasteiger partial charge in [-0.3, -0.25) is 0 Å². The van der Waals surface area contributed by atoms with Crippen molar-refractivity contribution in [2.45, 2.75) is 0 Å². The molecule has 0 fully saturated rings. The zero-order chi connectivity index (χ0) is 6.81. The molecule has 0 unspecified atom stereocenters. The largest absolute Gasteiger partial charge is 0.473 e. The Morgan fingerprint density at radius 2 is 1.60 bits per heavy atom. The van der Waals surface area contributed by atoms with Crippen LogP contribution in [-0.4, -0.2) is 4.98 Å². The van der Waals surface area contributed by atoms with Crippen LogP contribution in [0.25, 0.3) is 12.2 Å². The summed E-state index contributed by atoms with van der Waals surface area (Å²) in [5, 5.41) is 0. The molecule has 0 atom stereocenters. The smallest absolute Gasteiger partial charge is 0.0908 e. The van der Waals surface area contributed by atoms with Crippen molar-refractivity contribution >= 4 is 12.2 Å². The van der Waals surface area contributed by atoms with Crippen LogP contribution in [0.5, 0.6) is 0 Å². The Kier molecular flexibility index (Phi) is 1.10. The second-order valence-electron chi connectivity index (χ2n) is 2.11. The van der Waals surface area contributed by atoms with E-state index in [2.05, 4.69) is 4.98 Å². The third-order valence-corrected chi connectivity index (χ3v) is 1.46. The van der Waals surface area contributed by atoms with E-state index in [0.717, 1.165) is 11.1 Å². The third-order valence-electron chi connectivity index (χ3n) is 1.46. The maximum Gasteiger partial charge on any atom is 0.0908 e. The highest BCUT2D eigenvalue weighted by Crippen LogP contribution is 2.14. The normalized spacial score (nSPS) is 14.0. The summed E-state index contributed by atoms with van der Waals surface area (Å²) in [5.41, 5.74) is 2.32. The minimum atomic E-state index is 1.16. The Hall–Kier alpha value is -1.44. The van der Waals surface area contributed by atoms with E-state index in [9.17, 15) is 0 Å². The predicted octanol–water partition coefficient (Wildman–Crippen LogP) is 1.99. The maximum absolute atomic E-state index is 4.96. The molecule has 2 heteroatoms. The summed E-state index contributed by atoms with van der Waals surface area (Å²) in [6.45, 7) is 0. The van der Waals surface area contributed by atoms with Gasteiger partial charge in [0.1, 0.15) is 0 Å². The van der Waals surface area contributed by atoms with Gasteiger partial charge in [-0.05, 0) is 12.2 Å². The van der Waals surface area contributed by atoms with Gasteiger partial charge in [0.05, 0.1) is 12.5 Å². The molecule has 0 aliphatic carbocycles. The molecular formula is C8H7NO. The Morgan fingerprint density at radius 3 is 2.20 bits per heavy atom. The van der Waals surface area contributed by atoms with Gasteiger partial charge >= 0.3 is 0 Å². The molecule has 10 heavy (non-hydrogen) atoms. The summed E-state index contributed by atoms with van der Waals surface area (Å²) in [6.07, 6.45) is 11.0. The van der Waals surface area contributed by atoms with E-state index in [1.165, 1.54) is 0 Å². The number of aromatic amines is 1. The first-order valence-electron chi connectivity index (χ1n) is 3.12. The molecule has 0 amide bonds. The first-order valence-corrected chi connectivity index (χ1v) is 3.12. The van der Waals surface area contributed by atoms with Gasteiger partial charge in [0, 0.05) is 23.5 Å². The van der Waals surface area contributed by atoms with Gasteiger partial charge in [0.2, 0.25) is 0 Å². The summed E-state index contributed by atoms with van der Waals surface area (Å²) in [4.78, 5) is 3.01. The zero-order valence-corrected chi connectivity index (χ0v) is 5.37. The van der Waals surface area contributed by atoms with E-state index >= 15 is 0 Å². The Bertz CT molecular complexity index is 257. The lowest BCUT2D eigenvalue weighted by molar-refractivity contribution is 0.411. The number of nitrogens with one attached hydrogen (secondary N) is 1. The number of hydrogen-bond donors (Lipinski definition) is 1. The average molecular weight is 133 g/mol. The number of H-pyrrole nitrogens is 1. The van der Waals surface area contributed by atoms with Gasteiger partial charge in [0.15, 0.2) is 0 Å². The van der Waals surface area contributed by atoms with Crippen LogP contribution in [0.4, 0.5) is 0 Å². The van der Waals surface area contributed by atoms with Gasteiger partial charge in [-0.2, -0.15) is 0 Å². The molecule has 2 rings (SSSR count). The van der Waals surface area contributed by atoms with Crippen LogP contribution in [0.3, 0.4) is 0 Å². The van der Waals surface area contributed by atoms with Crippen LogP contribution in [0.1, 0.15) is 11.1 Å². The fourth-order valence-electron chi connectivity index (χ4n) is 0.947. The second kappa shape index (κ2) is 2.06. The second-order valence-corrected chi connectivity index (χ2v) is 2.11. The molecule has 1 N–H and O–H groups in total. The summed E-state index contributed by atoms with van der Waals surface area (Å²) in [5.74, 6) is 0. The van der Waals surface area contributed by atoms with Crippen molar-refractivity contribution in [3.05, 3.63) is 36.0 Å². The summed E-state index contributed by atoms with van der Waals surface area (Å²) in [7, 11) is 0. The van der Waals surface area contributed by atoms with Crippen LogP contribution in [0.15, 0.2) is 24.9 Å². The highest BCUT2D eigenvalue weighted by atomic mass is 16.5. The molecule has 2 heterocycles. The molecular weight excluding hydrogens is 126 g/mol. The molecule has 0 radical (unpaired) electrons. The lowest BCUT2D eigenvalue weighted by Gasteiger charge is -1.82. The molecule has 0 spiro atoms. The Labute approximate surface area is 58.8 Å². The fraction of sp³-hybridized carbons (Fsp3) is 0. The quantitative estimate of drug-likeness (QED) is 0.575. The van der Waals surface area contributed by atoms with E-state index in [-0.39, 0.29) is 0 Å². The third kappa shape index (κ3) is 0.739. The topological polar surface area (TPSA) is 25.0 Å². The molecule has 1 aliphatic rings. The summed E-state index contributed by atoms with van der Waals surface area (Å²) < 4.78 is 4.96. The van der Waals surface area contributed by atoms with Crippen LogP contribution in [-0.2, 0) is 4.74 Å². The summed E-state index contributed by atoms with van der Waals surface area (Å²) >= 11 is 0. The first kappa shape index (κ1) is 5.35. The van der Waals surface area contributed by atoms with Crippen LogP contribution >= 0.6 is 0 Å². The lowest BCUT2D eigenvalue weighted by atomic mass is 10.2. The minimum absolute atomic E-state index is 1.16. The van der Waals surface area contributed by atoms with Crippen molar-refractivity contribution in [2.75, 3.05) is 0 Å². The lowest BCUT2D eigenvalue weighted by Crippen LogP contribution is -1.66. The van der Waals surface area contributed by atoms with Crippen molar-refractivity contribution < 1.29 is 4.74 Å². The van der Waals surface area contributed by atoms with Crippen molar-refractivity contribution in [3.8, 4) is 0 Å². The van der Waals surface area contributed by atoms with Crippen molar-refractivity contribution in [2.24, 2.45) is 0 Å². The molecule has 1 aromatic rings. The monoisotopic (exact) mass is 133 g/mol. The predicted molar refractivity (Wildman–Crippen MR) is 39.9 cm³/mol. The molecule has 0 bridgehead atoms. The number of fused-ring (bicyclic) bond motifs is 1. The van der Waals surface area contributed by atoms with E-state index in [1.54, 1.807) is 12.5 Å². The van der Waals surface area contributed by atoms with E-state index in [1.807, 2.05) is 24.5 Å². The van der Waals surface area contributed by atoms with Crippen molar-refractivity contribution in [1.82, 2.24) is 4.98 Å². The molecule has 1 aliphatic heterocycles. The van der Waals surface area contributed by atoms with E-state index < -0.39 is 0 Å². The number of ether oxygens (including phenoxy) is 1. The van der Waals surface area contributed by atoms with Gasteiger partial charge in [-0.25, -0.2) is 0 Å². The number of aromatic nitrogens is 1. The standard InChI is InChI=1S/C8H7NO/c1-3-10-4-2-8-6-9-5-7(1)8/h1-6,9H. The van der Waals surface area contributed by atoms with Crippen molar-refractivity contribution in [3.63, 3.8) is 0 Å². The number of rotatable bonds is 0.